The van der Waals surface area contributed by atoms with Crippen LogP contribution in [-0.2, 0) is 11.3 Å². The molecule has 0 bridgehead atoms. The molecule has 0 atom stereocenters. The number of nitrogens with zero attached hydrogens (tertiary/aromatic N) is 1. The first-order valence-electron chi connectivity index (χ1n) is 9.78. The van der Waals surface area contributed by atoms with Crippen LogP contribution in [0.3, 0.4) is 0 Å². The Morgan fingerprint density at radius 3 is 2.67 bits per heavy atom. The number of nitrogens with one attached hydrogen (secondary N) is 1. The maximum absolute atomic E-state index is 12.6. The first kappa shape index (κ1) is 18.7. The molecule has 0 fully saturated rings. The fraction of sp³-hybridized carbons (Fsp3) is 0.0800. The Hall–Kier alpha value is -3.31. The van der Waals surface area contributed by atoms with E-state index in [9.17, 15) is 4.79 Å². The molecule has 0 radical (unpaired) electrons. The van der Waals surface area contributed by atoms with E-state index in [2.05, 4.69) is 44.1 Å². The minimum absolute atomic E-state index is 0.0699. The van der Waals surface area contributed by atoms with Gasteiger partial charge in [0.2, 0.25) is 0 Å². The van der Waals surface area contributed by atoms with Gasteiger partial charge in [-0.1, -0.05) is 52.3 Å². The van der Waals surface area contributed by atoms with Crippen molar-refractivity contribution in [2.75, 3.05) is 11.9 Å². The van der Waals surface area contributed by atoms with Gasteiger partial charge in [0.25, 0.3) is 5.91 Å². The molecule has 1 aliphatic heterocycles. The predicted octanol–water partition coefficient (Wildman–Crippen LogP) is 5.98. The van der Waals surface area contributed by atoms with Gasteiger partial charge >= 0.3 is 0 Å². The zero-order valence-electron chi connectivity index (χ0n) is 16.1. The van der Waals surface area contributed by atoms with Crippen LogP contribution >= 0.6 is 15.9 Å². The minimum Gasteiger partial charge on any atom is -0.492 e. The number of benzene rings is 3. The number of amides is 1. The van der Waals surface area contributed by atoms with Crippen LogP contribution in [0, 0.1) is 0 Å². The second kappa shape index (κ2) is 7.84. The molecule has 0 spiro atoms. The lowest BCUT2D eigenvalue weighted by Crippen LogP contribution is -2.07. The van der Waals surface area contributed by atoms with E-state index >= 15 is 0 Å². The third-order valence-electron chi connectivity index (χ3n) is 5.23. The van der Waals surface area contributed by atoms with E-state index in [1.807, 2.05) is 66.7 Å². The molecular formula is C25H19BrN2O2. The van der Waals surface area contributed by atoms with E-state index in [-0.39, 0.29) is 5.91 Å². The number of ether oxygens (including phenoxy) is 1. The highest BCUT2D eigenvalue weighted by molar-refractivity contribution is 9.10. The summed E-state index contributed by atoms with van der Waals surface area (Å²) < 4.78 is 9.06. The number of rotatable bonds is 5. The van der Waals surface area contributed by atoms with Crippen LogP contribution in [0.15, 0.2) is 83.5 Å². The number of anilines is 1. The molecule has 1 N–H and O–H groups in total. The summed E-state index contributed by atoms with van der Waals surface area (Å²) in [5.41, 5.74) is 4.59. The molecule has 30 heavy (non-hydrogen) atoms. The van der Waals surface area contributed by atoms with Crippen LogP contribution in [0.1, 0.15) is 11.1 Å². The number of para-hydroxylation sites is 2. The van der Waals surface area contributed by atoms with Gasteiger partial charge in [-0.25, -0.2) is 0 Å². The van der Waals surface area contributed by atoms with E-state index < -0.39 is 0 Å². The summed E-state index contributed by atoms with van der Waals surface area (Å²) in [6.07, 6.45) is 4.07. The van der Waals surface area contributed by atoms with Crippen LogP contribution in [0.4, 0.5) is 5.69 Å². The Bertz CT molecular complexity index is 1280. The molecule has 0 unspecified atom stereocenters. The zero-order chi connectivity index (χ0) is 20.5. The Balaban J connectivity index is 1.50. The molecule has 5 heteroatoms. The lowest BCUT2D eigenvalue weighted by molar-refractivity contribution is -0.110. The molecule has 148 valence electrons. The molecule has 0 saturated heterocycles. The summed E-state index contributed by atoms with van der Waals surface area (Å²) in [4.78, 5) is 12.6. The van der Waals surface area contributed by atoms with E-state index in [4.69, 9.17) is 4.74 Å². The quantitative estimate of drug-likeness (QED) is 0.374. The molecular weight excluding hydrogens is 440 g/mol. The summed E-state index contributed by atoms with van der Waals surface area (Å²) in [6, 6.07) is 23.8. The van der Waals surface area contributed by atoms with Crippen molar-refractivity contribution in [2.24, 2.45) is 0 Å². The molecule has 4 aromatic rings. The zero-order valence-corrected chi connectivity index (χ0v) is 17.7. The summed E-state index contributed by atoms with van der Waals surface area (Å²) >= 11 is 3.58. The minimum atomic E-state index is -0.0699. The highest BCUT2D eigenvalue weighted by atomic mass is 79.9. The van der Waals surface area contributed by atoms with Gasteiger partial charge in [0.05, 0.1) is 6.54 Å². The highest BCUT2D eigenvalue weighted by Crippen LogP contribution is 2.35. The van der Waals surface area contributed by atoms with Crippen LogP contribution in [0.25, 0.3) is 22.6 Å². The van der Waals surface area contributed by atoms with Gasteiger partial charge in [-0.05, 0) is 42.5 Å². The van der Waals surface area contributed by atoms with Crippen LogP contribution in [-0.4, -0.2) is 17.1 Å². The van der Waals surface area contributed by atoms with Crippen LogP contribution in [0.2, 0.25) is 0 Å². The van der Waals surface area contributed by atoms with Crippen molar-refractivity contribution < 1.29 is 9.53 Å². The van der Waals surface area contributed by atoms with Crippen molar-refractivity contribution in [1.29, 1.82) is 0 Å². The van der Waals surface area contributed by atoms with Gasteiger partial charge in [0, 0.05) is 44.0 Å². The van der Waals surface area contributed by atoms with E-state index in [1.54, 1.807) is 0 Å². The molecule has 1 aliphatic rings. The van der Waals surface area contributed by atoms with Gasteiger partial charge < -0.3 is 14.6 Å². The number of hydrogen-bond acceptors (Lipinski definition) is 2. The molecule has 3 aromatic carbocycles. The predicted molar refractivity (Wildman–Crippen MR) is 125 cm³/mol. The van der Waals surface area contributed by atoms with E-state index in [0.29, 0.717) is 18.7 Å². The molecule has 0 aliphatic carbocycles. The number of halogens is 1. The van der Waals surface area contributed by atoms with E-state index in [1.165, 1.54) is 0 Å². The Morgan fingerprint density at radius 2 is 1.80 bits per heavy atom. The third-order valence-corrected chi connectivity index (χ3v) is 5.72. The number of carbonyl (C=O) groups excluding carboxylic acids is 1. The smallest absolute Gasteiger partial charge is 0.256 e. The van der Waals surface area contributed by atoms with Crippen molar-refractivity contribution in [2.45, 2.75) is 6.54 Å². The normalized spacial score (nSPS) is 14.2. The fourth-order valence-corrected chi connectivity index (χ4v) is 4.17. The molecule has 1 aromatic heterocycles. The van der Waals surface area contributed by atoms with E-state index in [0.717, 1.165) is 37.9 Å². The highest BCUT2D eigenvalue weighted by Gasteiger charge is 2.24. The van der Waals surface area contributed by atoms with Crippen molar-refractivity contribution in [3.8, 4) is 5.75 Å². The number of hydrogen-bond donors (Lipinski definition) is 1. The summed E-state index contributed by atoms with van der Waals surface area (Å²) in [5, 5.41) is 4.03. The van der Waals surface area contributed by atoms with Crippen molar-refractivity contribution in [1.82, 2.24) is 4.57 Å². The Labute approximate surface area is 182 Å². The molecule has 1 amide bonds. The Kier molecular flexibility index (Phi) is 4.89. The van der Waals surface area contributed by atoms with Crippen molar-refractivity contribution in [3.05, 3.63) is 94.6 Å². The number of aromatic nitrogens is 1. The van der Waals surface area contributed by atoms with Crippen LogP contribution in [0.5, 0.6) is 5.75 Å². The second-order valence-corrected chi connectivity index (χ2v) is 8.07. The van der Waals surface area contributed by atoms with Gasteiger partial charge in [-0.15, -0.1) is 0 Å². The van der Waals surface area contributed by atoms with Gasteiger partial charge in [-0.2, -0.15) is 0 Å². The summed E-state index contributed by atoms with van der Waals surface area (Å²) in [5.74, 6) is 0.790. The maximum Gasteiger partial charge on any atom is 0.256 e. The monoisotopic (exact) mass is 458 g/mol. The number of fused-ring (bicyclic) bond motifs is 2. The average Bonchev–Trinajstić information content (AvgIpc) is 3.26. The topological polar surface area (TPSA) is 43.3 Å². The lowest BCUT2D eigenvalue weighted by Gasteiger charge is -2.08. The maximum atomic E-state index is 12.6. The van der Waals surface area contributed by atoms with Gasteiger partial charge in [-0.3, -0.25) is 4.79 Å². The first-order chi connectivity index (χ1) is 14.7. The molecule has 5 rings (SSSR count). The van der Waals surface area contributed by atoms with Gasteiger partial charge in [0.1, 0.15) is 12.4 Å². The third kappa shape index (κ3) is 3.53. The second-order valence-electron chi connectivity index (χ2n) is 7.16. The SMILES string of the molecule is O=C1Nc2ccccc2/C1=C/c1cn(CCOc2ccccc2)c2ccc(Br)cc12. The standard InChI is InChI=1S/C25H19BrN2O2/c26-18-10-11-24-21(15-18)17(14-22-20-8-4-5-9-23(20)27-25(22)29)16-28(24)12-13-30-19-6-2-1-3-7-19/h1-11,14-16H,12-13H2,(H,27,29)/b22-14-. The summed E-state index contributed by atoms with van der Waals surface area (Å²) in [7, 11) is 0. The van der Waals surface area contributed by atoms with Gasteiger partial charge in [0.15, 0.2) is 0 Å². The number of carbonyl (C=O) groups is 1. The lowest BCUT2D eigenvalue weighted by atomic mass is 10.0. The molecule has 2 heterocycles. The fourth-order valence-electron chi connectivity index (χ4n) is 3.81. The first-order valence-corrected chi connectivity index (χ1v) is 10.6. The molecule has 0 saturated carbocycles. The Morgan fingerprint density at radius 1 is 1.00 bits per heavy atom. The van der Waals surface area contributed by atoms with Crippen molar-refractivity contribution in [3.63, 3.8) is 0 Å². The molecule has 4 nitrogen and oxygen atoms in total. The largest absolute Gasteiger partial charge is 0.492 e. The summed E-state index contributed by atoms with van der Waals surface area (Å²) in [6.45, 7) is 1.27. The van der Waals surface area contributed by atoms with Crippen LogP contribution < -0.4 is 10.1 Å². The average molecular weight is 459 g/mol. The van der Waals surface area contributed by atoms with Crippen molar-refractivity contribution >= 4 is 50.1 Å².